The fourth-order valence-electron chi connectivity index (χ4n) is 3.58. The molecule has 3 fully saturated rings. The number of nitrogens with one attached hydrogen (secondary N) is 1. The molecule has 3 nitrogen and oxygen atoms in total. The van der Waals surface area contributed by atoms with Crippen LogP contribution in [0.4, 0.5) is 0 Å². The monoisotopic (exact) mass is 209 g/mol. The second-order valence-corrected chi connectivity index (χ2v) is 5.27. The minimum absolute atomic E-state index is 0.0582. The van der Waals surface area contributed by atoms with E-state index in [4.69, 9.17) is 4.74 Å². The minimum Gasteiger partial charge on any atom is -0.360 e. The minimum atomic E-state index is 0.0582. The summed E-state index contributed by atoms with van der Waals surface area (Å²) < 4.78 is 6.01. The maximum Gasteiger partial charge on any atom is 0.146 e. The Kier molecular flexibility index (Phi) is 2.33. The number of ketones is 1. The molecule has 15 heavy (non-hydrogen) atoms. The lowest BCUT2D eigenvalue weighted by Gasteiger charge is -2.27. The van der Waals surface area contributed by atoms with Crippen LogP contribution in [0.2, 0.25) is 0 Å². The van der Waals surface area contributed by atoms with E-state index in [9.17, 15) is 4.79 Å². The number of Topliss-reactive ketones (excluding diaryl/α,β-unsaturated/α-hetero) is 1. The first-order valence-corrected chi connectivity index (χ1v) is 6.17. The lowest BCUT2D eigenvalue weighted by atomic mass is 9.78. The van der Waals surface area contributed by atoms with Crippen molar-refractivity contribution in [1.82, 2.24) is 5.32 Å². The molecule has 2 aliphatic heterocycles. The second kappa shape index (κ2) is 3.56. The molecule has 0 aromatic heterocycles. The van der Waals surface area contributed by atoms with E-state index in [0.717, 1.165) is 12.3 Å². The number of ether oxygens (including phenoxy) is 1. The molecule has 0 aromatic carbocycles. The van der Waals surface area contributed by atoms with E-state index in [1.54, 1.807) is 6.92 Å². The highest BCUT2D eigenvalue weighted by molar-refractivity contribution is 5.81. The van der Waals surface area contributed by atoms with Crippen LogP contribution in [0.3, 0.4) is 0 Å². The molecule has 0 bridgehead atoms. The van der Waals surface area contributed by atoms with Crippen LogP contribution in [0.25, 0.3) is 0 Å². The van der Waals surface area contributed by atoms with E-state index in [0.29, 0.717) is 12.0 Å². The summed E-state index contributed by atoms with van der Waals surface area (Å²) in [5, 5.41) is 3.34. The maximum atomic E-state index is 11.3. The van der Waals surface area contributed by atoms with Gasteiger partial charge in [-0.05, 0) is 32.1 Å². The predicted molar refractivity (Wildman–Crippen MR) is 56.3 cm³/mol. The summed E-state index contributed by atoms with van der Waals surface area (Å²) in [6.07, 6.45) is 6.85. The molecule has 0 aromatic rings. The molecule has 3 heteroatoms. The predicted octanol–water partition coefficient (Wildman–Crippen LogP) is 1.47. The van der Waals surface area contributed by atoms with Gasteiger partial charge in [0.25, 0.3) is 0 Å². The van der Waals surface area contributed by atoms with Crippen molar-refractivity contribution in [2.45, 2.75) is 57.4 Å². The van der Waals surface area contributed by atoms with E-state index in [2.05, 4.69) is 5.32 Å². The molecule has 3 rings (SSSR count). The van der Waals surface area contributed by atoms with Gasteiger partial charge in [-0.25, -0.2) is 0 Å². The van der Waals surface area contributed by atoms with Gasteiger partial charge in [-0.15, -0.1) is 0 Å². The van der Waals surface area contributed by atoms with Crippen molar-refractivity contribution in [2.75, 3.05) is 0 Å². The molecule has 84 valence electrons. The fourth-order valence-corrected chi connectivity index (χ4v) is 3.58. The van der Waals surface area contributed by atoms with Crippen LogP contribution in [-0.2, 0) is 9.53 Å². The Bertz CT molecular complexity index is 279. The highest BCUT2D eigenvalue weighted by Gasteiger charge is 2.50. The third kappa shape index (κ3) is 1.53. The zero-order valence-electron chi connectivity index (χ0n) is 9.24. The van der Waals surface area contributed by atoms with Gasteiger partial charge in [-0.1, -0.05) is 12.8 Å². The highest BCUT2D eigenvalue weighted by atomic mass is 16.5. The molecule has 2 saturated heterocycles. The standard InChI is InChI=1S/C12H19NO2/c1-7(14)10-6-9-8-4-2-3-5-11(8)15-12(9)13-10/h8-13H,2-6H2,1H3. The molecule has 1 aliphatic carbocycles. The highest BCUT2D eigenvalue weighted by Crippen LogP contribution is 2.45. The van der Waals surface area contributed by atoms with Gasteiger partial charge >= 0.3 is 0 Å². The van der Waals surface area contributed by atoms with Crippen molar-refractivity contribution in [3.8, 4) is 0 Å². The molecular weight excluding hydrogens is 190 g/mol. The smallest absolute Gasteiger partial charge is 0.146 e. The Balaban J connectivity index is 1.72. The van der Waals surface area contributed by atoms with Gasteiger partial charge in [0.1, 0.15) is 12.0 Å². The topological polar surface area (TPSA) is 38.3 Å². The van der Waals surface area contributed by atoms with Crippen LogP contribution in [0.15, 0.2) is 0 Å². The number of hydrogen-bond acceptors (Lipinski definition) is 3. The molecule has 1 saturated carbocycles. The number of carbonyl (C=O) groups excluding carboxylic acids is 1. The van der Waals surface area contributed by atoms with E-state index in [1.807, 2.05) is 0 Å². The molecule has 0 radical (unpaired) electrons. The molecule has 3 aliphatic rings. The van der Waals surface area contributed by atoms with E-state index in [1.165, 1.54) is 25.7 Å². The van der Waals surface area contributed by atoms with Crippen LogP contribution in [0.5, 0.6) is 0 Å². The van der Waals surface area contributed by atoms with Gasteiger partial charge in [0.15, 0.2) is 0 Å². The summed E-state index contributed by atoms with van der Waals surface area (Å²) >= 11 is 0. The SMILES string of the molecule is CC(=O)C1CC2C(N1)OC1CCCCC12. The van der Waals surface area contributed by atoms with E-state index < -0.39 is 0 Å². The lowest BCUT2D eigenvalue weighted by molar-refractivity contribution is -0.119. The Morgan fingerprint density at radius 1 is 1.27 bits per heavy atom. The van der Waals surface area contributed by atoms with E-state index >= 15 is 0 Å². The summed E-state index contributed by atoms with van der Waals surface area (Å²) in [5.41, 5.74) is 0. The Morgan fingerprint density at radius 3 is 2.87 bits per heavy atom. The second-order valence-electron chi connectivity index (χ2n) is 5.27. The van der Waals surface area contributed by atoms with Crippen molar-refractivity contribution in [3.05, 3.63) is 0 Å². The largest absolute Gasteiger partial charge is 0.360 e. The van der Waals surface area contributed by atoms with Crippen LogP contribution >= 0.6 is 0 Å². The van der Waals surface area contributed by atoms with Crippen molar-refractivity contribution < 1.29 is 9.53 Å². The Morgan fingerprint density at radius 2 is 2.07 bits per heavy atom. The maximum absolute atomic E-state index is 11.3. The zero-order chi connectivity index (χ0) is 10.4. The number of hydrogen-bond donors (Lipinski definition) is 1. The van der Waals surface area contributed by atoms with Gasteiger partial charge < -0.3 is 4.74 Å². The summed E-state index contributed by atoms with van der Waals surface area (Å²) in [7, 11) is 0. The summed E-state index contributed by atoms with van der Waals surface area (Å²) in [6.45, 7) is 1.68. The average molecular weight is 209 g/mol. The number of rotatable bonds is 1. The van der Waals surface area contributed by atoms with Crippen LogP contribution in [0, 0.1) is 11.8 Å². The summed E-state index contributed by atoms with van der Waals surface area (Å²) in [4.78, 5) is 11.3. The zero-order valence-corrected chi connectivity index (χ0v) is 9.24. The number of carbonyl (C=O) groups is 1. The van der Waals surface area contributed by atoms with Gasteiger partial charge in [-0.2, -0.15) is 0 Å². The summed E-state index contributed by atoms with van der Waals surface area (Å²) in [6, 6.07) is 0.0582. The Hall–Kier alpha value is -0.410. The van der Waals surface area contributed by atoms with Crippen LogP contribution in [0.1, 0.15) is 39.0 Å². The number of fused-ring (bicyclic) bond motifs is 3. The van der Waals surface area contributed by atoms with Gasteiger partial charge in [0.05, 0.1) is 12.1 Å². The van der Waals surface area contributed by atoms with E-state index in [-0.39, 0.29) is 18.1 Å². The third-order valence-corrected chi connectivity index (χ3v) is 4.38. The first-order valence-electron chi connectivity index (χ1n) is 6.17. The first kappa shape index (κ1) is 9.79. The quantitative estimate of drug-likeness (QED) is 0.710. The molecule has 0 amide bonds. The van der Waals surface area contributed by atoms with Gasteiger partial charge in [-0.3, -0.25) is 10.1 Å². The molecular formula is C12H19NO2. The van der Waals surface area contributed by atoms with Crippen molar-refractivity contribution in [2.24, 2.45) is 11.8 Å². The van der Waals surface area contributed by atoms with Crippen molar-refractivity contribution in [1.29, 1.82) is 0 Å². The van der Waals surface area contributed by atoms with Crippen molar-refractivity contribution in [3.63, 3.8) is 0 Å². The van der Waals surface area contributed by atoms with Crippen LogP contribution in [-0.4, -0.2) is 24.2 Å². The molecule has 5 unspecified atom stereocenters. The molecule has 0 spiro atoms. The Labute approximate surface area is 90.6 Å². The third-order valence-electron chi connectivity index (χ3n) is 4.38. The van der Waals surface area contributed by atoms with Gasteiger partial charge in [0, 0.05) is 5.92 Å². The average Bonchev–Trinajstić information content (AvgIpc) is 2.73. The molecule has 1 N–H and O–H groups in total. The lowest BCUT2D eigenvalue weighted by Crippen LogP contribution is -2.36. The fraction of sp³-hybridized carbons (Fsp3) is 0.917. The van der Waals surface area contributed by atoms with Crippen LogP contribution < -0.4 is 5.32 Å². The molecule has 2 heterocycles. The first-order chi connectivity index (χ1) is 7.25. The molecule has 5 atom stereocenters. The van der Waals surface area contributed by atoms with Crippen molar-refractivity contribution >= 4 is 5.78 Å². The summed E-state index contributed by atoms with van der Waals surface area (Å²) in [5.74, 6) is 1.59. The normalized spacial score (nSPS) is 48.7. The van der Waals surface area contributed by atoms with Gasteiger partial charge in [0.2, 0.25) is 0 Å².